The van der Waals surface area contributed by atoms with E-state index in [0.717, 1.165) is 22.3 Å². The first-order valence-corrected chi connectivity index (χ1v) is 11.5. The SMILES string of the molecule is Cc1onc(-c2cccc(C3=CCC(C(=O)O)CC3)c2)c1NC(=O)OCCc1ccccc1Cl. The molecule has 1 heterocycles. The van der Waals surface area contributed by atoms with Crippen LogP contribution < -0.4 is 5.32 Å². The zero-order valence-electron chi connectivity index (χ0n) is 18.7. The topological polar surface area (TPSA) is 102 Å². The number of hydrogen-bond donors (Lipinski definition) is 2. The van der Waals surface area contributed by atoms with Crippen LogP contribution in [0.5, 0.6) is 0 Å². The highest BCUT2D eigenvalue weighted by Crippen LogP contribution is 2.35. The molecule has 0 saturated carbocycles. The van der Waals surface area contributed by atoms with Crippen molar-refractivity contribution in [3.05, 3.63) is 76.5 Å². The van der Waals surface area contributed by atoms with Gasteiger partial charge in [-0.15, -0.1) is 0 Å². The van der Waals surface area contributed by atoms with Crippen molar-refractivity contribution >= 4 is 34.9 Å². The van der Waals surface area contributed by atoms with Crippen LogP contribution in [0.3, 0.4) is 0 Å². The van der Waals surface area contributed by atoms with Crippen LogP contribution in [0, 0.1) is 12.8 Å². The molecule has 1 atom stereocenters. The number of benzene rings is 2. The lowest BCUT2D eigenvalue weighted by molar-refractivity contribution is -0.141. The third-order valence-electron chi connectivity index (χ3n) is 5.92. The molecular weight excluding hydrogens is 456 g/mol. The first kappa shape index (κ1) is 23.6. The fourth-order valence-electron chi connectivity index (χ4n) is 4.00. The second-order valence-corrected chi connectivity index (χ2v) is 8.59. The number of aliphatic carboxylic acids is 1. The highest BCUT2D eigenvalue weighted by molar-refractivity contribution is 6.31. The molecule has 0 bridgehead atoms. The lowest BCUT2D eigenvalue weighted by Gasteiger charge is -2.19. The van der Waals surface area contributed by atoms with Gasteiger partial charge in [0.2, 0.25) is 0 Å². The van der Waals surface area contributed by atoms with Crippen LogP contribution >= 0.6 is 11.6 Å². The minimum atomic E-state index is -0.753. The van der Waals surface area contributed by atoms with Crippen molar-refractivity contribution in [2.24, 2.45) is 5.92 Å². The van der Waals surface area contributed by atoms with E-state index in [-0.39, 0.29) is 12.5 Å². The quantitative estimate of drug-likeness (QED) is 0.407. The maximum atomic E-state index is 12.4. The molecule has 0 aliphatic heterocycles. The number of carbonyl (C=O) groups is 2. The van der Waals surface area contributed by atoms with Gasteiger partial charge in [0.1, 0.15) is 11.4 Å². The zero-order chi connectivity index (χ0) is 24.1. The molecule has 3 aromatic rings. The number of carbonyl (C=O) groups excluding carboxylic acids is 1. The number of nitrogens with zero attached hydrogens (tertiary/aromatic N) is 1. The molecule has 0 spiro atoms. The van der Waals surface area contributed by atoms with Crippen LogP contribution in [-0.4, -0.2) is 28.9 Å². The predicted octanol–water partition coefficient (Wildman–Crippen LogP) is 6.36. The van der Waals surface area contributed by atoms with E-state index in [9.17, 15) is 14.7 Å². The van der Waals surface area contributed by atoms with Crippen molar-refractivity contribution < 1.29 is 24.0 Å². The van der Waals surface area contributed by atoms with Crippen molar-refractivity contribution in [2.75, 3.05) is 11.9 Å². The maximum Gasteiger partial charge on any atom is 0.411 e. The van der Waals surface area contributed by atoms with Crippen molar-refractivity contribution in [3.8, 4) is 11.3 Å². The van der Waals surface area contributed by atoms with Crippen LogP contribution in [-0.2, 0) is 16.0 Å². The van der Waals surface area contributed by atoms with Gasteiger partial charge in [-0.25, -0.2) is 4.79 Å². The molecule has 34 heavy (non-hydrogen) atoms. The summed E-state index contributed by atoms with van der Waals surface area (Å²) in [7, 11) is 0. The lowest BCUT2D eigenvalue weighted by Crippen LogP contribution is -2.16. The van der Waals surface area contributed by atoms with E-state index in [1.807, 2.05) is 48.5 Å². The molecular formula is C26H25ClN2O5. The summed E-state index contributed by atoms with van der Waals surface area (Å²) in [4.78, 5) is 23.6. The van der Waals surface area contributed by atoms with Crippen LogP contribution in [0.1, 0.15) is 36.1 Å². The summed E-state index contributed by atoms with van der Waals surface area (Å²) >= 11 is 6.15. The number of carboxylic acid groups (broad SMARTS) is 1. The van der Waals surface area contributed by atoms with E-state index in [4.69, 9.17) is 20.9 Å². The van der Waals surface area contributed by atoms with Crippen LogP contribution in [0.25, 0.3) is 16.8 Å². The zero-order valence-corrected chi connectivity index (χ0v) is 19.5. The van der Waals surface area contributed by atoms with E-state index >= 15 is 0 Å². The molecule has 2 aromatic carbocycles. The van der Waals surface area contributed by atoms with E-state index < -0.39 is 12.1 Å². The summed E-state index contributed by atoms with van der Waals surface area (Å²) in [6.45, 7) is 1.89. The number of ether oxygens (including phenoxy) is 1. The highest BCUT2D eigenvalue weighted by Gasteiger charge is 2.22. The molecule has 0 radical (unpaired) electrons. The average Bonchev–Trinajstić information content (AvgIpc) is 3.20. The third-order valence-corrected chi connectivity index (χ3v) is 6.29. The third kappa shape index (κ3) is 5.48. The van der Waals surface area contributed by atoms with E-state index in [0.29, 0.717) is 47.8 Å². The van der Waals surface area contributed by atoms with Gasteiger partial charge in [-0.3, -0.25) is 10.1 Å². The first-order valence-electron chi connectivity index (χ1n) is 11.1. The monoisotopic (exact) mass is 480 g/mol. The van der Waals surface area contributed by atoms with Gasteiger partial charge in [-0.1, -0.05) is 59.2 Å². The van der Waals surface area contributed by atoms with Gasteiger partial charge in [0, 0.05) is 17.0 Å². The normalized spacial score (nSPS) is 15.5. The van der Waals surface area contributed by atoms with E-state index in [1.165, 1.54) is 0 Å². The molecule has 0 fully saturated rings. The molecule has 7 nitrogen and oxygen atoms in total. The minimum Gasteiger partial charge on any atom is -0.481 e. The minimum absolute atomic E-state index is 0.177. The molecule has 4 rings (SSSR count). The summed E-state index contributed by atoms with van der Waals surface area (Å²) in [6.07, 6.45) is 3.71. The summed E-state index contributed by atoms with van der Waals surface area (Å²) < 4.78 is 10.7. The fraction of sp³-hybridized carbons (Fsp3) is 0.269. The number of anilines is 1. The molecule has 1 aliphatic carbocycles. The number of allylic oxidation sites excluding steroid dienone is 2. The maximum absolute atomic E-state index is 12.4. The van der Waals surface area contributed by atoms with Gasteiger partial charge in [-0.05, 0) is 55.0 Å². The van der Waals surface area contributed by atoms with E-state index in [1.54, 1.807) is 13.0 Å². The molecule has 1 aromatic heterocycles. The largest absolute Gasteiger partial charge is 0.481 e. The lowest BCUT2D eigenvalue weighted by atomic mass is 9.86. The Morgan fingerprint density at radius 2 is 2.00 bits per heavy atom. The van der Waals surface area contributed by atoms with Crippen molar-refractivity contribution in [1.82, 2.24) is 5.16 Å². The van der Waals surface area contributed by atoms with Gasteiger partial charge in [-0.2, -0.15) is 0 Å². The number of carboxylic acids is 1. The second kappa shape index (κ2) is 10.6. The van der Waals surface area contributed by atoms with E-state index in [2.05, 4.69) is 10.5 Å². The first-order chi connectivity index (χ1) is 16.4. The highest BCUT2D eigenvalue weighted by atomic mass is 35.5. The Hall–Kier alpha value is -3.58. The molecule has 1 unspecified atom stereocenters. The smallest absolute Gasteiger partial charge is 0.411 e. The number of nitrogens with one attached hydrogen (secondary N) is 1. The number of aromatic nitrogens is 1. The Labute approximate surface area is 202 Å². The summed E-state index contributed by atoms with van der Waals surface area (Å²) in [6, 6.07) is 15.2. The summed E-state index contributed by atoms with van der Waals surface area (Å²) in [5.41, 5.74) is 4.73. The summed E-state index contributed by atoms with van der Waals surface area (Å²) in [5.74, 6) is -0.619. The Balaban J connectivity index is 1.44. The number of aryl methyl sites for hydroxylation is 1. The van der Waals surface area contributed by atoms with Crippen molar-refractivity contribution in [2.45, 2.75) is 32.6 Å². The molecule has 8 heteroatoms. The number of halogens is 1. The molecule has 176 valence electrons. The molecule has 1 aliphatic rings. The van der Waals surface area contributed by atoms with Crippen molar-refractivity contribution in [1.29, 1.82) is 0 Å². The Kier molecular flexibility index (Phi) is 7.33. The second-order valence-electron chi connectivity index (χ2n) is 8.18. The molecule has 1 amide bonds. The average molecular weight is 481 g/mol. The van der Waals surface area contributed by atoms with Crippen LogP contribution in [0.4, 0.5) is 10.5 Å². The van der Waals surface area contributed by atoms with Gasteiger partial charge in [0.15, 0.2) is 5.76 Å². The van der Waals surface area contributed by atoms with Gasteiger partial charge < -0.3 is 14.4 Å². The summed E-state index contributed by atoms with van der Waals surface area (Å²) in [5, 5.41) is 16.7. The standard InChI is InChI=1S/C26H25ClN2O5/c1-16-23(28-26(32)33-14-13-18-5-2-3-8-22(18)27)24(29-34-16)21-7-4-6-20(15-21)17-9-11-19(12-10-17)25(30)31/h2-9,15,19H,10-14H2,1H3,(H,28,32)(H,30,31). The Morgan fingerprint density at radius 3 is 2.74 bits per heavy atom. The molecule has 2 N–H and O–H groups in total. The predicted molar refractivity (Wildman–Crippen MR) is 130 cm³/mol. The van der Waals surface area contributed by atoms with Crippen molar-refractivity contribution in [3.63, 3.8) is 0 Å². The Bertz CT molecular complexity index is 1230. The van der Waals surface area contributed by atoms with Crippen LogP contribution in [0.2, 0.25) is 5.02 Å². The number of rotatable bonds is 7. The van der Waals surface area contributed by atoms with Gasteiger partial charge in [0.25, 0.3) is 0 Å². The van der Waals surface area contributed by atoms with Gasteiger partial charge >= 0.3 is 12.1 Å². The Morgan fingerprint density at radius 1 is 1.21 bits per heavy atom. The van der Waals surface area contributed by atoms with Crippen LogP contribution in [0.15, 0.2) is 59.1 Å². The molecule has 0 saturated heterocycles. The van der Waals surface area contributed by atoms with Gasteiger partial charge in [0.05, 0.1) is 12.5 Å². The fourth-order valence-corrected chi connectivity index (χ4v) is 4.23. The number of amides is 1. The number of hydrogen-bond acceptors (Lipinski definition) is 5.